The van der Waals surface area contributed by atoms with E-state index in [-0.39, 0.29) is 11.1 Å². The molecule has 0 aliphatic rings. The van der Waals surface area contributed by atoms with Crippen LogP contribution in [0.1, 0.15) is 37.7 Å². The normalized spacial score (nSPS) is 13.1. The highest BCUT2D eigenvalue weighted by molar-refractivity contribution is 5.91. The lowest BCUT2D eigenvalue weighted by Gasteiger charge is -2.22. The molecule has 1 rings (SSSR count). The summed E-state index contributed by atoms with van der Waals surface area (Å²) in [6.07, 6.45) is 1.78. The lowest BCUT2D eigenvalue weighted by molar-refractivity contribution is 0.0995. The number of hydrogen-bond donors (Lipinski definition) is 3. The van der Waals surface area contributed by atoms with Crippen molar-refractivity contribution in [1.29, 1.82) is 0 Å². The summed E-state index contributed by atoms with van der Waals surface area (Å²) in [5.41, 5.74) is 6.17. The summed E-state index contributed by atoms with van der Waals surface area (Å²) in [6, 6.07) is 3.31. The highest BCUT2D eigenvalue weighted by atomic mass is 16.3. The van der Waals surface area contributed by atoms with Crippen LogP contribution >= 0.6 is 0 Å². The molecule has 0 aliphatic heterocycles. The number of aliphatic hydroxyl groups is 1. The van der Waals surface area contributed by atoms with E-state index in [9.17, 15) is 9.90 Å². The van der Waals surface area contributed by atoms with E-state index in [1.54, 1.807) is 12.1 Å². The second-order valence-electron chi connectivity index (χ2n) is 5.59. The van der Waals surface area contributed by atoms with Crippen LogP contribution in [0.25, 0.3) is 0 Å². The number of carbonyl (C=O) groups excluding carboxylic acids is 1. The van der Waals surface area contributed by atoms with Gasteiger partial charge in [-0.15, -0.1) is 0 Å². The summed E-state index contributed by atoms with van der Waals surface area (Å²) < 4.78 is 0. The molecule has 18 heavy (non-hydrogen) atoms. The molecule has 0 spiro atoms. The van der Waals surface area contributed by atoms with Crippen LogP contribution in [0.3, 0.4) is 0 Å². The standard InChI is InChI=1S/C13H21N3O2/c1-13(2,3)7-10(17)8-16-9-4-5-15-11(6-9)12(14)18/h4-6,10,17H,7-8H2,1-3H3,(H2,14,18)(H,15,16). The van der Waals surface area contributed by atoms with Crippen molar-refractivity contribution in [2.75, 3.05) is 11.9 Å². The monoisotopic (exact) mass is 251 g/mol. The minimum Gasteiger partial charge on any atom is -0.391 e. The van der Waals surface area contributed by atoms with Crippen LogP contribution < -0.4 is 11.1 Å². The molecule has 1 amide bonds. The molecule has 0 aromatic carbocycles. The second-order valence-corrected chi connectivity index (χ2v) is 5.59. The summed E-state index contributed by atoms with van der Waals surface area (Å²) in [4.78, 5) is 14.8. The van der Waals surface area contributed by atoms with Crippen LogP contribution in [0.15, 0.2) is 18.3 Å². The molecule has 0 saturated carbocycles. The molecule has 5 heteroatoms. The van der Waals surface area contributed by atoms with Crippen LogP contribution in [0.2, 0.25) is 0 Å². The van der Waals surface area contributed by atoms with E-state index in [1.165, 1.54) is 6.20 Å². The highest BCUT2D eigenvalue weighted by Crippen LogP contribution is 2.21. The molecule has 5 nitrogen and oxygen atoms in total. The number of primary amides is 1. The van der Waals surface area contributed by atoms with Crippen molar-refractivity contribution in [2.45, 2.75) is 33.3 Å². The predicted octanol–water partition coefficient (Wildman–Crippen LogP) is 1.39. The van der Waals surface area contributed by atoms with Gasteiger partial charge in [0, 0.05) is 18.4 Å². The van der Waals surface area contributed by atoms with Crippen molar-refractivity contribution in [3.8, 4) is 0 Å². The van der Waals surface area contributed by atoms with Crippen LogP contribution in [0.5, 0.6) is 0 Å². The molecule has 1 unspecified atom stereocenters. The third-order valence-corrected chi connectivity index (χ3v) is 2.40. The number of nitrogens with one attached hydrogen (secondary N) is 1. The van der Waals surface area contributed by atoms with Crippen molar-refractivity contribution < 1.29 is 9.90 Å². The van der Waals surface area contributed by atoms with Gasteiger partial charge in [0.15, 0.2) is 0 Å². The fourth-order valence-corrected chi connectivity index (χ4v) is 1.69. The average molecular weight is 251 g/mol. The number of aliphatic hydroxyl groups excluding tert-OH is 1. The zero-order valence-electron chi connectivity index (χ0n) is 11.1. The topological polar surface area (TPSA) is 88.2 Å². The van der Waals surface area contributed by atoms with Crippen LogP contribution in [0, 0.1) is 5.41 Å². The van der Waals surface area contributed by atoms with Gasteiger partial charge in [-0.2, -0.15) is 0 Å². The highest BCUT2D eigenvalue weighted by Gasteiger charge is 2.16. The first-order valence-electron chi connectivity index (χ1n) is 5.96. The van der Waals surface area contributed by atoms with Gasteiger partial charge >= 0.3 is 0 Å². The fourth-order valence-electron chi connectivity index (χ4n) is 1.69. The lowest BCUT2D eigenvalue weighted by Crippen LogP contribution is -2.25. The summed E-state index contributed by atoms with van der Waals surface area (Å²) in [5, 5.41) is 12.9. The van der Waals surface area contributed by atoms with E-state index in [1.807, 2.05) is 0 Å². The molecular formula is C13H21N3O2. The van der Waals surface area contributed by atoms with E-state index in [0.717, 1.165) is 5.69 Å². The Labute approximate surface area is 107 Å². The maximum Gasteiger partial charge on any atom is 0.267 e. The van der Waals surface area contributed by atoms with Gasteiger partial charge in [-0.1, -0.05) is 20.8 Å². The van der Waals surface area contributed by atoms with Gasteiger partial charge in [0.05, 0.1) is 6.10 Å². The molecule has 0 bridgehead atoms. The van der Waals surface area contributed by atoms with Gasteiger partial charge in [-0.05, 0) is 24.0 Å². The molecule has 100 valence electrons. The molecule has 0 radical (unpaired) electrons. The Balaban J connectivity index is 2.53. The quantitative estimate of drug-likeness (QED) is 0.738. The number of amides is 1. The maximum absolute atomic E-state index is 11.0. The minimum absolute atomic E-state index is 0.0811. The maximum atomic E-state index is 11.0. The molecular weight excluding hydrogens is 230 g/mol. The van der Waals surface area contributed by atoms with E-state index in [4.69, 9.17) is 5.73 Å². The first kappa shape index (κ1) is 14.4. The Kier molecular flexibility index (Phi) is 4.67. The smallest absolute Gasteiger partial charge is 0.267 e. The Morgan fingerprint density at radius 2 is 2.22 bits per heavy atom. The number of rotatable bonds is 5. The Hall–Kier alpha value is -1.62. The Morgan fingerprint density at radius 3 is 2.78 bits per heavy atom. The molecule has 0 fully saturated rings. The van der Waals surface area contributed by atoms with Gasteiger partial charge in [0.25, 0.3) is 5.91 Å². The number of carbonyl (C=O) groups is 1. The summed E-state index contributed by atoms with van der Waals surface area (Å²) >= 11 is 0. The molecule has 0 saturated heterocycles. The van der Waals surface area contributed by atoms with Crippen LogP contribution in [-0.4, -0.2) is 28.6 Å². The third kappa shape index (κ3) is 5.14. The SMILES string of the molecule is CC(C)(C)CC(O)CNc1ccnc(C(N)=O)c1. The number of hydrogen-bond acceptors (Lipinski definition) is 4. The third-order valence-electron chi connectivity index (χ3n) is 2.40. The molecule has 0 aliphatic carbocycles. The number of nitrogens with zero attached hydrogens (tertiary/aromatic N) is 1. The van der Waals surface area contributed by atoms with E-state index < -0.39 is 12.0 Å². The average Bonchev–Trinajstić information content (AvgIpc) is 2.24. The first-order valence-corrected chi connectivity index (χ1v) is 5.96. The Bertz CT molecular complexity index is 413. The van der Waals surface area contributed by atoms with Gasteiger partial charge in [0.1, 0.15) is 5.69 Å². The minimum atomic E-state index is -0.561. The van der Waals surface area contributed by atoms with Gasteiger partial charge in [-0.3, -0.25) is 9.78 Å². The van der Waals surface area contributed by atoms with E-state index in [2.05, 4.69) is 31.1 Å². The number of pyridine rings is 1. The predicted molar refractivity (Wildman–Crippen MR) is 71.3 cm³/mol. The number of anilines is 1. The molecule has 1 heterocycles. The zero-order valence-corrected chi connectivity index (χ0v) is 11.1. The summed E-state index contributed by atoms with van der Waals surface area (Å²) in [6.45, 7) is 6.66. The Morgan fingerprint density at radius 1 is 1.56 bits per heavy atom. The summed E-state index contributed by atoms with van der Waals surface area (Å²) in [5.74, 6) is -0.561. The van der Waals surface area contributed by atoms with E-state index >= 15 is 0 Å². The zero-order chi connectivity index (χ0) is 13.8. The van der Waals surface area contributed by atoms with Gasteiger partial charge in [0.2, 0.25) is 0 Å². The van der Waals surface area contributed by atoms with Gasteiger partial charge < -0.3 is 16.2 Å². The van der Waals surface area contributed by atoms with E-state index in [0.29, 0.717) is 13.0 Å². The number of nitrogens with two attached hydrogens (primary N) is 1. The van der Waals surface area contributed by atoms with Crippen molar-refractivity contribution in [3.05, 3.63) is 24.0 Å². The molecule has 1 aromatic heterocycles. The van der Waals surface area contributed by atoms with Gasteiger partial charge in [-0.25, -0.2) is 0 Å². The number of aromatic nitrogens is 1. The fraction of sp³-hybridized carbons (Fsp3) is 0.538. The molecule has 4 N–H and O–H groups in total. The molecule has 1 aromatic rings. The van der Waals surface area contributed by atoms with Crippen molar-refractivity contribution in [2.24, 2.45) is 11.1 Å². The van der Waals surface area contributed by atoms with Crippen LogP contribution in [-0.2, 0) is 0 Å². The second kappa shape index (κ2) is 5.82. The largest absolute Gasteiger partial charge is 0.391 e. The summed E-state index contributed by atoms with van der Waals surface area (Å²) in [7, 11) is 0. The van der Waals surface area contributed by atoms with Crippen LogP contribution in [0.4, 0.5) is 5.69 Å². The first-order chi connectivity index (χ1) is 8.28. The van der Waals surface area contributed by atoms with Crippen molar-refractivity contribution >= 4 is 11.6 Å². The lowest BCUT2D eigenvalue weighted by atomic mass is 9.89. The molecule has 1 atom stereocenters. The van der Waals surface area contributed by atoms with Crippen molar-refractivity contribution in [1.82, 2.24) is 4.98 Å². The van der Waals surface area contributed by atoms with Crippen molar-refractivity contribution in [3.63, 3.8) is 0 Å².